The van der Waals surface area contributed by atoms with Gasteiger partial charge in [0.2, 0.25) is 0 Å². The maximum Gasteiger partial charge on any atom is 0.144 e. The summed E-state index contributed by atoms with van der Waals surface area (Å²) in [6.45, 7) is 1.79. The molecule has 3 nitrogen and oxygen atoms in total. The van der Waals surface area contributed by atoms with Gasteiger partial charge in [0.25, 0.3) is 0 Å². The third-order valence-corrected chi connectivity index (χ3v) is 2.35. The van der Waals surface area contributed by atoms with Crippen molar-refractivity contribution >= 4 is 22.6 Å². The molecule has 2 aromatic rings. The van der Waals surface area contributed by atoms with Gasteiger partial charge in [-0.2, -0.15) is 0 Å². The molecule has 0 unspecified atom stereocenters. The van der Waals surface area contributed by atoms with Crippen molar-refractivity contribution in [3.05, 3.63) is 28.8 Å². The quantitative estimate of drug-likeness (QED) is 0.764. The monoisotopic (exact) mass is 213 g/mol. The second-order valence-corrected chi connectivity index (χ2v) is 3.55. The molecule has 74 valence electrons. The number of nitrogens with two attached hydrogens (primary N) is 1. The van der Waals surface area contributed by atoms with E-state index >= 15 is 0 Å². The van der Waals surface area contributed by atoms with E-state index in [0.29, 0.717) is 16.9 Å². The van der Waals surface area contributed by atoms with E-state index in [9.17, 15) is 4.39 Å². The first-order valence-electron chi connectivity index (χ1n) is 4.19. The van der Waals surface area contributed by atoms with Gasteiger partial charge in [-0.05, 0) is 19.1 Å². The number of fused-ring (bicyclic) bond motifs is 1. The lowest BCUT2D eigenvalue weighted by Gasteiger charge is -1.96. The first kappa shape index (κ1) is 9.43. The van der Waals surface area contributed by atoms with Crippen molar-refractivity contribution in [2.45, 2.75) is 13.0 Å². The molecule has 0 amide bonds. The van der Waals surface area contributed by atoms with Gasteiger partial charge in [-0.25, -0.2) is 9.37 Å². The molecular weight excluding hydrogens is 205 g/mol. The molecule has 1 aromatic heterocycles. The Labute approximate surface area is 85.1 Å². The predicted molar refractivity (Wildman–Crippen MR) is 53.7 cm³/mol. The average molecular weight is 214 g/mol. The van der Waals surface area contributed by atoms with Crippen LogP contribution in [0.2, 0.25) is 5.02 Å². The molecule has 0 fully saturated rings. The summed E-state index contributed by atoms with van der Waals surface area (Å²) in [7, 11) is 0. The van der Waals surface area contributed by atoms with Crippen molar-refractivity contribution in [1.29, 1.82) is 0 Å². The Bertz CT molecular complexity index is 478. The fourth-order valence-electron chi connectivity index (χ4n) is 1.25. The minimum atomic E-state index is -0.470. The SMILES string of the molecule is C[C@@H](N)c1nc2c(Cl)c(F)ccc2[nH]1. The molecule has 1 aromatic carbocycles. The van der Waals surface area contributed by atoms with Crippen molar-refractivity contribution < 1.29 is 4.39 Å². The van der Waals surface area contributed by atoms with E-state index < -0.39 is 5.82 Å². The highest BCUT2D eigenvalue weighted by atomic mass is 35.5. The van der Waals surface area contributed by atoms with Crippen LogP contribution in [0.15, 0.2) is 12.1 Å². The molecule has 3 N–H and O–H groups in total. The Morgan fingerprint density at radius 2 is 2.29 bits per heavy atom. The van der Waals surface area contributed by atoms with Gasteiger partial charge in [0.1, 0.15) is 22.2 Å². The van der Waals surface area contributed by atoms with Gasteiger partial charge < -0.3 is 10.7 Å². The summed E-state index contributed by atoms with van der Waals surface area (Å²) >= 11 is 5.75. The second-order valence-electron chi connectivity index (χ2n) is 3.17. The van der Waals surface area contributed by atoms with Crippen LogP contribution < -0.4 is 5.73 Å². The summed E-state index contributed by atoms with van der Waals surface area (Å²) in [6, 6.07) is 2.67. The molecule has 5 heteroatoms. The van der Waals surface area contributed by atoms with Gasteiger partial charge in [-0.1, -0.05) is 11.6 Å². The molecule has 0 saturated heterocycles. The number of H-pyrrole nitrogens is 1. The molecule has 0 aliphatic rings. The normalized spacial score (nSPS) is 13.4. The zero-order valence-corrected chi connectivity index (χ0v) is 8.27. The number of aromatic nitrogens is 2. The Hall–Kier alpha value is -1.13. The second kappa shape index (κ2) is 3.22. The summed E-state index contributed by atoms with van der Waals surface area (Å²) in [5.74, 6) is 0.134. The highest BCUT2D eigenvalue weighted by molar-refractivity contribution is 6.35. The number of benzene rings is 1. The van der Waals surface area contributed by atoms with Gasteiger partial charge >= 0.3 is 0 Å². The van der Waals surface area contributed by atoms with Gasteiger partial charge in [-0.3, -0.25) is 0 Å². The number of imidazole rings is 1. The highest BCUT2D eigenvalue weighted by Crippen LogP contribution is 2.25. The van der Waals surface area contributed by atoms with Crippen LogP contribution in [0.5, 0.6) is 0 Å². The fourth-order valence-corrected chi connectivity index (χ4v) is 1.46. The van der Waals surface area contributed by atoms with Crippen LogP contribution in [-0.4, -0.2) is 9.97 Å². The first-order chi connectivity index (χ1) is 6.59. The molecular formula is C9H9ClFN3. The number of rotatable bonds is 1. The molecule has 0 saturated carbocycles. The van der Waals surface area contributed by atoms with Crippen molar-refractivity contribution in [2.24, 2.45) is 5.73 Å². The molecule has 1 atom stereocenters. The lowest BCUT2D eigenvalue weighted by Crippen LogP contribution is -2.06. The lowest BCUT2D eigenvalue weighted by molar-refractivity contribution is 0.630. The molecule has 0 spiro atoms. The molecule has 0 aliphatic heterocycles. The maximum absolute atomic E-state index is 13.0. The largest absolute Gasteiger partial charge is 0.341 e. The van der Waals surface area contributed by atoms with E-state index in [2.05, 4.69) is 9.97 Å². The Balaban J connectivity index is 2.71. The topological polar surface area (TPSA) is 54.7 Å². The molecule has 1 heterocycles. The van der Waals surface area contributed by atoms with Crippen LogP contribution in [-0.2, 0) is 0 Å². The van der Waals surface area contributed by atoms with Crippen LogP contribution in [0, 0.1) is 5.82 Å². The summed E-state index contributed by atoms with van der Waals surface area (Å²) in [6.07, 6.45) is 0. The van der Waals surface area contributed by atoms with Crippen LogP contribution in [0.25, 0.3) is 11.0 Å². The van der Waals surface area contributed by atoms with Gasteiger partial charge in [0.05, 0.1) is 11.6 Å². The molecule has 0 aliphatic carbocycles. The van der Waals surface area contributed by atoms with Crippen molar-refractivity contribution in [1.82, 2.24) is 9.97 Å². The van der Waals surface area contributed by atoms with E-state index in [1.807, 2.05) is 0 Å². The Morgan fingerprint density at radius 1 is 1.57 bits per heavy atom. The zero-order chi connectivity index (χ0) is 10.3. The van der Waals surface area contributed by atoms with E-state index in [0.717, 1.165) is 0 Å². The van der Waals surface area contributed by atoms with Gasteiger partial charge in [0.15, 0.2) is 0 Å². The maximum atomic E-state index is 13.0. The third-order valence-electron chi connectivity index (χ3n) is 2.00. The van der Waals surface area contributed by atoms with Crippen molar-refractivity contribution in [2.75, 3.05) is 0 Å². The third kappa shape index (κ3) is 1.36. The number of hydrogen-bond donors (Lipinski definition) is 2. The molecule has 0 bridgehead atoms. The van der Waals surface area contributed by atoms with E-state index in [-0.39, 0.29) is 11.1 Å². The zero-order valence-electron chi connectivity index (χ0n) is 7.51. The smallest absolute Gasteiger partial charge is 0.144 e. The predicted octanol–water partition coefficient (Wildman–Crippen LogP) is 2.38. The van der Waals surface area contributed by atoms with Crippen LogP contribution in [0.4, 0.5) is 4.39 Å². The lowest BCUT2D eigenvalue weighted by atomic mass is 10.3. The van der Waals surface area contributed by atoms with Crippen LogP contribution in [0.3, 0.4) is 0 Å². The molecule has 0 radical (unpaired) electrons. The van der Waals surface area contributed by atoms with E-state index in [4.69, 9.17) is 17.3 Å². The summed E-state index contributed by atoms with van der Waals surface area (Å²) < 4.78 is 13.0. The summed E-state index contributed by atoms with van der Waals surface area (Å²) in [5.41, 5.74) is 6.76. The average Bonchev–Trinajstić information content (AvgIpc) is 2.56. The minimum Gasteiger partial charge on any atom is -0.341 e. The van der Waals surface area contributed by atoms with Gasteiger partial charge in [-0.15, -0.1) is 0 Å². The standard InChI is InChI=1S/C9H9ClFN3/c1-4(12)9-13-6-3-2-5(11)7(10)8(6)14-9/h2-4H,12H2,1H3,(H,13,14)/t4-/m1/s1. The van der Waals surface area contributed by atoms with Crippen molar-refractivity contribution in [3.63, 3.8) is 0 Å². The number of nitrogens with one attached hydrogen (secondary N) is 1. The highest BCUT2D eigenvalue weighted by Gasteiger charge is 2.11. The minimum absolute atomic E-state index is 0.0330. The Morgan fingerprint density at radius 3 is 2.93 bits per heavy atom. The number of aromatic amines is 1. The molecule has 2 rings (SSSR count). The van der Waals surface area contributed by atoms with Crippen molar-refractivity contribution in [3.8, 4) is 0 Å². The number of nitrogens with zero attached hydrogens (tertiary/aromatic N) is 1. The molecule has 14 heavy (non-hydrogen) atoms. The number of hydrogen-bond acceptors (Lipinski definition) is 2. The van der Waals surface area contributed by atoms with E-state index in [1.165, 1.54) is 6.07 Å². The Kier molecular flexibility index (Phi) is 2.17. The fraction of sp³-hybridized carbons (Fsp3) is 0.222. The van der Waals surface area contributed by atoms with Crippen LogP contribution >= 0.6 is 11.6 Å². The first-order valence-corrected chi connectivity index (χ1v) is 4.56. The number of halogens is 2. The van der Waals surface area contributed by atoms with Gasteiger partial charge in [0, 0.05) is 0 Å². The van der Waals surface area contributed by atoms with E-state index in [1.54, 1.807) is 13.0 Å². The van der Waals surface area contributed by atoms with Crippen LogP contribution in [0.1, 0.15) is 18.8 Å². The summed E-state index contributed by atoms with van der Waals surface area (Å²) in [5, 5.41) is 0.0330. The summed E-state index contributed by atoms with van der Waals surface area (Å²) in [4.78, 5) is 7.10.